The predicted molar refractivity (Wildman–Crippen MR) is 69.1 cm³/mol. The van der Waals surface area contributed by atoms with Crippen LogP contribution in [0.25, 0.3) is 0 Å². The monoisotopic (exact) mass is 310 g/mol. The first-order valence-corrected chi connectivity index (χ1v) is 5.82. The van der Waals surface area contributed by atoms with E-state index < -0.39 is 24.1 Å². The van der Waals surface area contributed by atoms with Gasteiger partial charge >= 0.3 is 6.61 Å². The van der Waals surface area contributed by atoms with Crippen LogP contribution in [0.3, 0.4) is 0 Å². The van der Waals surface area contributed by atoms with Crippen molar-refractivity contribution in [3.8, 4) is 5.75 Å². The second kappa shape index (κ2) is 7.35. The van der Waals surface area contributed by atoms with E-state index in [0.29, 0.717) is 26.2 Å². The van der Waals surface area contributed by atoms with Gasteiger partial charge in [-0.15, -0.1) is 12.4 Å². The molecule has 0 unspecified atom stereocenters. The molecule has 0 aliphatic carbocycles. The number of amides is 1. The van der Waals surface area contributed by atoms with Crippen molar-refractivity contribution < 1.29 is 22.7 Å². The summed E-state index contributed by atoms with van der Waals surface area (Å²) in [7, 11) is 0. The predicted octanol–water partition coefficient (Wildman–Crippen LogP) is 1.89. The van der Waals surface area contributed by atoms with Gasteiger partial charge in [0, 0.05) is 32.2 Å². The number of halogens is 4. The van der Waals surface area contributed by atoms with Crippen LogP contribution < -0.4 is 10.1 Å². The first-order valence-electron chi connectivity index (χ1n) is 5.82. The summed E-state index contributed by atoms with van der Waals surface area (Å²) in [6, 6.07) is 3.01. The lowest BCUT2D eigenvalue weighted by Gasteiger charge is -2.28. The van der Waals surface area contributed by atoms with Crippen molar-refractivity contribution in [2.75, 3.05) is 26.2 Å². The number of hydrogen-bond donors (Lipinski definition) is 1. The number of carbonyl (C=O) groups is 1. The zero-order valence-electron chi connectivity index (χ0n) is 10.4. The van der Waals surface area contributed by atoms with Crippen molar-refractivity contribution in [2.24, 2.45) is 0 Å². The second-order valence-electron chi connectivity index (χ2n) is 4.06. The van der Waals surface area contributed by atoms with Crippen LogP contribution in [-0.4, -0.2) is 43.6 Å². The van der Waals surface area contributed by atoms with E-state index in [0.717, 1.165) is 18.2 Å². The Hall–Kier alpha value is -1.47. The highest BCUT2D eigenvalue weighted by atomic mass is 35.5. The molecule has 0 saturated carbocycles. The summed E-state index contributed by atoms with van der Waals surface area (Å²) in [5, 5.41) is 3.07. The summed E-state index contributed by atoms with van der Waals surface area (Å²) < 4.78 is 41.8. The zero-order chi connectivity index (χ0) is 13.8. The van der Waals surface area contributed by atoms with E-state index in [1.54, 1.807) is 0 Å². The van der Waals surface area contributed by atoms with Crippen LogP contribution in [0.4, 0.5) is 13.2 Å². The highest BCUT2D eigenvalue weighted by Crippen LogP contribution is 2.23. The summed E-state index contributed by atoms with van der Waals surface area (Å²) >= 11 is 0. The number of nitrogens with zero attached hydrogens (tertiary/aromatic N) is 1. The van der Waals surface area contributed by atoms with Crippen LogP contribution in [0.1, 0.15) is 10.4 Å². The minimum Gasteiger partial charge on any atom is -0.434 e. The van der Waals surface area contributed by atoms with Crippen LogP contribution >= 0.6 is 12.4 Å². The quantitative estimate of drug-likeness (QED) is 0.927. The standard InChI is InChI=1S/C12H13F3N2O2.ClH/c13-8-1-2-9(10(7-8)19-12(14)15)11(18)17-5-3-16-4-6-17;/h1-2,7,12,16H,3-6H2;1H. The number of carbonyl (C=O) groups excluding carboxylic acids is 1. The van der Waals surface area contributed by atoms with Gasteiger partial charge in [-0.25, -0.2) is 4.39 Å². The summed E-state index contributed by atoms with van der Waals surface area (Å²) in [4.78, 5) is 13.7. The molecule has 8 heteroatoms. The lowest BCUT2D eigenvalue weighted by molar-refractivity contribution is -0.0504. The number of benzene rings is 1. The molecule has 20 heavy (non-hydrogen) atoms. The van der Waals surface area contributed by atoms with Crippen molar-refractivity contribution in [2.45, 2.75) is 6.61 Å². The Kier molecular flexibility index (Phi) is 6.09. The minimum atomic E-state index is -3.10. The number of piperazine rings is 1. The largest absolute Gasteiger partial charge is 0.434 e. The molecule has 0 aromatic heterocycles. The number of rotatable bonds is 3. The summed E-state index contributed by atoms with van der Waals surface area (Å²) in [6.45, 7) is -0.874. The maximum atomic E-state index is 13.0. The minimum absolute atomic E-state index is 0. The molecule has 1 aromatic carbocycles. The van der Waals surface area contributed by atoms with E-state index in [4.69, 9.17) is 0 Å². The van der Waals surface area contributed by atoms with E-state index in [-0.39, 0.29) is 18.0 Å². The fourth-order valence-corrected chi connectivity index (χ4v) is 1.90. The lowest BCUT2D eigenvalue weighted by atomic mass is 10.1. The molecule has 0 spiro atoms. The Morgan fingerprint density at radius 2 is 1.95 bits per heavy atom. The molecule has 1 amide bonds. The van der Waals surface area contributed by atoms with Crippen LogP contribution in [0, 0.1) is 5.82 Å². The SMILES string of the molecule is Cl.O=C(c1ccc(F)cc1OC(F)F)N1CCNCC1. The molecule has 1 aliphatic rings. The fraction of sp³-hybridized carbons (Fsp3) is 0.417. The molecular formula is C12H14ClF3N2O2. The van der Waals surface area contributed by atoms with Crippen LogP contribution in [0.5, 0.6) is 5.75 Å². The van der Waals surface area contributed by atoms with Gasteiger partial charge in [0.2, 0.25) is 0 Å². The van der Waals surface area contributed by atoms with Gasteiger partial charge in [0.05, 0.1) is 5.56 Å². The number of alkyl halides is 2. The number of nitrogens with one attached hydrogen (secondary N) is 1. The van der Waals surface area contributed by atoms with Crippen molar-refractivity contribution >= 4 is 18.3 Å². The molecule has 1 saturated heterocycles. The topological polar surface area (TPSA) is 41.6 Å². The highest BCUT2D eigenvalue weighted by Gasteiger charge is 2.23. The maximum Gasteiger partial charge on any atom is 0.387 e. The van der Waals surface area contributed by atoms with Gasteiger partial charge in [-0.3, -0.25) is 4.79 Å². The molecule has 4 nitrogen and oxygen atoms in total. The highest BCUT2D eigenvalue weighted by molar-refractivity contribution is 5.97. The second-order valence-corrected chi connectivity index (χ2v) is 4.06. The zero-order valence-corrected chi connectivity index (χ0v) is 11.3. The molecule has 1 aliphatic heterocycles. The average Bonchev–Trinajstić information content (AvgIpc) is 2.38. The van der Waals surface area contributed by atoms with Crippen molar-refractivity contribution in [1.82, 2.24) is 10.2 Å². The smallest absolute Gasteiger partial charge is 0.387 e. The van der Waals surface area contributed by atoms with Gasteiger partial charge < -0.3 is 15.0 Å². The van der Waals surface area contributed by atoms with Gasteiger partial charge in [0.15, 0.2) is 0 Å². The van der Waals surface area contributed by atoms with Crippen LogP contribution in [-0.2, 0) is 0 Å². The normalized spacial score (nSPS) is 14.9. The van der Waals surface area contributed by atoms with E-state index in [9.17, 15) is 18.0 Å². The summed E-state index contributed by atoms with van der Waals surface area (Å²) in [6.07, 6.45) is 0. The van der Waals surface area contributed by atoms with Crippen molar-refractivity contribution in [1.29, 1.82) is 0 Å². The third-order valence-corrected chi connectivity index (χ3v) is 2.79. The van der Waals surface area contributed by atoms with Crippen LogP contribution in [0.2, 0.25) is 0 Å². The van der Waals surface area contributed by atoms with E-state index >= 15 is 0 Å². The van der Waals surface area contributed by atoms with Gasteiger partial charge in [0.1, 0.15) is 11.6 Å². The summed E-state index contributed by atoms with van der Waals surface area (Å²) in [5.74, 6) is -1.59. The number of hydrogen-bond acceptors (Lipinski definition) is 3. The Morgan fingerprint density at radius 1 is 1.30 bits per heavy atom. The molecule has 0 bridgehead atoms. The van der Waals surface area contributed by atoms with Crippen molar-refractivity contribution in [3.63, 3.8) is 0 Å². The lowest BCUT2D eigenvalue weighted by Crippen LogP contribution is -2.46. The van der Waals surface area contributed by atoms with Gasteiger partial charge in [-0.2, -0.15) is 8.78 Å². The average molecular weight is 311 g/mol. The maximum absolute atomic E-state index is 13.0. The van der Waals surface area contributed by atoms with E-state index in [1.807, 2.05) is 0 Å². The van der Waals surface area contributed by atoms with Gasteiger partial charge in [0.25, 0.3) is 5.91 Å². The van der Waals surface area contributed by atoms with Gasteiger partial charge in [-0.05, 0) is 12.1 Å². The van der Waals surface area contributed by atoms with Crippen LogP contribution in [0.15, 0.2) is 18.2 Å². The number of ether oxygens (including phenoxy) is 1. The fourth-order valence-electron chi connectivity index (χ4n) is 1.90. The Bertz CT molecular complexity index is 468. The first kappa shape index (κ1) is 16.6. The van der Waals surface area contributed by atoms with Crippen molar-refractivity contribution in [3.05, 3.63) is 29.6 Å². The molecule has 1 fully saturated rings. The Labute approximate surface area is 120 Å². The molecule has 0 atom stereocenters. The third-order valence-electron chi connectivity index (χ3n) is 2.79. The van der Waals surface area contributed by atoms with Gasteiger partial charge in [-0.1, -0.05) is 0 Å². The first-order chi connectivity index (χ1) is 9.08. The molecule has 0 radical (unpaired) electrons. The third kappa shape index (κ3) is 4.01. The molecule has 1 heterocycles. The molecule has 1 aromatic rings. The Morgan fingerprint density at radius 3 is 2.55 bits per heavy atom. The summed E-state index contributed by atoms with van der Waals surface area (Å²) in [5.41, 5.74) is -0.0522. The molecular weight excluding hydrogens is 297 g/mol. The molecule has 2 rings (SSSR count). The van der Waals surface area contributed by atoms with E-state index in [1.165, 1.54) is 4.90 Å². The van der Waals surface area contributed by atoms with E-state index in [2.05, 4.69) is 10.1 Å². The Balaban J connectivity index is 0.00000200. The molecule has 1 N–H and O–H groups in total. The molecule has 112 valence electrons.